The van der Waals surface area contributed by atoms with Gasteiger partial charge in [-0.15, -0.1) is 11.8 Å². The van der Waals surface area contributed by atoms with Gasteiger partial charge in [-0.05, 0) is 26.7 Å². The molecule has 0 saturated heterocycles. The number of nitrogens with two attached hydrogens (primary N) is 1. The SMILES string of the molecule is CCC(N)(CC)CNC(=O)CSC(C)C(=O)Nc1cc(C)on1. The maximum atomic E-state index is 12.0. The molecule has 0 aliphatic carbocycles. The van der Waals surface area contributed by atoms with Gasteiger partial charge in [-0.3, -0.25) is 9.59 Å². The highest BCUT2D eigenvalue weighted by Crippen LogP contribution is 2.14. The molecule has 4 N–H and O–H groups in total. The highest BCUT2D eigenvalue weighted by Gasteiger charge is 2.21. The number of aromatic nitrogens is 1. The van der Waals surface area contributed by atoms with Crippen LogP contribution in [-0.2, 0) is 9.59 Å². The summed E-state index contributed by atoms with van der Waals surface area (Å²) in [5, 5.41) is 8.80. The first kappa shape index (κ1) is 19.5. The maximum Gasteiger partial charge on any atom is 0.238 e. The number of nitrogens with zero attached hydrogens (tertiary/aromatic N) is 1. The molecule has 0 bridgehead atoms. The van der Waals surface area contributed by atoms with Crippen LogP contribution in [0.4, 0.5) is 5.82 Å². The van der Waals surface area contributed by atoms with E-state index in [0.717, 1.165) is 12.8 Å². The largest absolute Gasteiger partial charge is 0.360 e. The topological polar surface area (TPSA) is 110 Å². The maximum absolute atomic E-state index is 12.0. The van der Waals surface area contributed by atoms with Crippen LogP contribution in [0.25, 0.3) is 0 Å². The fourth-order valence-corrected chi connectivity index (χ4v) is 2.47. The average Bonchev–Trinajstić information content (AvgIpc) is 2.95. The Morgan fingerprint density at radius 1 is 1.43 bits per heavy atom. The van der Waals surface area contributed by atoms with Crippen LogP contribution in [0.2, 0.25) is 0 Å². The molecule has 130 valence electrons. The van der Waals surface area contributed by atoms with E-state index in [4.69, 9.17) is 10.3 Å². The fourth-order valence-electron chi connectivity index (χ4n) is 1.76. The number of aryl methyl sites for hydroxylation is 1. The minimum Gasteiger partial charge on any atom is -0.360 e. The zero-order valence-electron chi connectivity index (χ0n) is 14.1. The van der Waals surface area contributed by atoms with Crippen molar-refractivity contribution in [2.75, 3.05) is 17.6 Å². The summed E-state index contributed by atoms with van der Waals surface area (Å²) in [4.78, 5) is 23.8. The standard InChI is InChI=1S/C15H26N4O3S/c1-5-15(16,6-2)9-17-13(20)8-23-11(4)14(21)18-12-7-10(3)22-19-12/h7,11H,5-6,8-9,16H2,1-4H3,(H,17,20)(H,18,19,21). The summed E-state index contributed by atoms with van der Waals surface area (Å²) in [7, 11) is 0. The second kappa shape index (κ2) is 8.93. The third-order valence-corrected chi connectivity index (χ3v) is 4.90. The van der Waals surface area contributed by atoms with Crippen LogP contribution in [0.3, 0.4) is 0 Å². The van der Waals surface area contributed by atoms with E-state index < -0.39 is 0 Å². The number of hydrogen-bond donors (Lipinski definition) is 3. The first-order valence-corrected chi connectivity index (χ1v) is 8.76. The minimum atomic E-state index is -0.377. The second-order valence-electron chi connectivity index (χ2n) is 5.61. The van der Waals surface area contributed by atoms with Crippen LogP contribution in [0.1, 0.15) is 39.4 Å². The Morgan fingerprint density at radius 2 is 2.09 bits per heavy atom. The van der Waals surface area contributed by atoms with E-state index >= 15 is 0 Å². The van der Waals surface area contributed by atoms with Gasteiger partial charge in [0.1, 0.15) is 5.76 Å². The molecule has 0 saturated carbocycles. The number of amides is 2. The third kappa shape index (κ3) is 6.62. The van der Waals surface area contributed by atoms with Gasteiger partial charge in [0.05, 0.1) is 11.0 Å². The number of hydrogen-bond acceptors (Lipinski definition) is 6. The summed E-state index contributed by atoms with van der Waals surface area (Å²) in [5.41, 5.74) is 5.77. The Kier molecular flexibility index (Phi) is 7.57. The van der Waals surface area contributed by atoms with Crippen molar-refractivity contribution in [3.05, 3.63) is 11.8 Å². The second-order valence-corrected chi connectivity index (χ2v) is 6.94. The van der Waals surface area contributed by atoms with E-state index in [2.05, 4.69) is 15.8 Å². The number of rotatable bonds is 9. The van der Waals surface area contributed by atoms with Gasteiger partial charge in [0.25, 0.3) is 0 Å². The van der Waals surface area contributed by atoms with Crippen LogP contribution in [0.5, 0.6) is 0 Å². The summed E-state index contributed by atoms with van der Waals surface area (Å²) < 4.78 is 4.88. The van der Waals surface area contributed by atoms with Gasteiger partial charge in [-0.2, -0.15) is 0 Å². The van der Waals surface area contributed by atoms with Crippen LogP contribution >= 0.6 is 11.8 Å². The quantitative estimate of drug-likeness (QED) is 0.630. The van der Waals surface area contributed by atoms with Gasteiger partial charge >= 0.3 is 0 Å². The Balaban J connectivity index is 2.33. The lowest BCUT2D eigenvalue weighted by atomic mass is 9.94. The van der Waals surface area contributed by atoms with Crippen LogP contribution in [0.15, 0.2) is 10.6 Å². The van der Waals surface area contributed by atoms with Crippen LogP contribution < -0.4 is 16.4 Å². The molecular formula is C15H26N4O3S. The molecule has 7 nitrogen and oxygen atoms in total. The van der Waals surface area contributed by atoms with Crippen molar-refractivity contribution in [2.24, 2.45) is 5.73 Å². The number of carbonyl (C=O) groups is 2. The van der Waals surface area contributed by atoms with Crippen molar-refractivity contribution in [1.82, 2.24) is 10.5 Å². The summed E-state index contributed by atoms with van der Waals surface area (Å²) in [5.74, 6) is 0.867. The molecule has 23 heavy (non-hydrogen) atoms. The third-order valence-electron chi connectivity index (χ3n) is 3.76. The van der Waals surface area contributed by atoms with Crippen molar-refractivity contribution >= 4 is 29.4 Å². The van der Waals surface area contributed by atoms with Crippen molar-refractivity contribution in [2.45, 2.75) is 51.3 Å². The van der Waals surface area contributed by atoms with Crippen molar-refractivity contribution in [1.29, 1.82) is 0 Å². The molecule has 1 heterocycles. The van der Waals surface area contributed by atoms with E-state index in [0.29, 0.717) is 18.1 Å². The lowest BCUT2D eigenvalue weighted by Crippen LogP contribution is -2.49. The number of carbonyl (C=O) groups excluding carboxylic acids is 2. The molecule has 1 rings (SSSR count). The van der Waals surface area contributed by atoms with E-state index in [1.165, 1.54) is 11.8 Å². The van der Waals surface area contributed by atoms with E-state index in [9.17, 15) is 9.59 Å². The number of anilines is 1. The summed E-state index contributed by atoms with van der Waals surface area (Å²) in [6, 6.07) is 1.64. The molecule has 0 aromatic carbocycles. The van der Waals surface area contributed by atoms with E-state index in [-0.39, 0.29) is 28.4 Å². The van der Waals surface area contributed by atoms with Crippen LogP contribution in [-0.4, -0.2) is 40.1 Å². The molecule has 1 unspecified atom stereocenters. The zero-order chi connectivity index (χ0) is 17.5. The summed E-state index contributed by atoms with van der Waals surface area (Å²) in [6.07, 6.45) is 1.60. The lowest BCUT2D eigenvalue weighted by molar-refractivity contribution is -0.118. The highest BCUT2D eigenvalue weighted by atomic mass is 32.2. The van der Waals surface area contributed by atoms with Crippen molar-refractivity contribution < 1.29 is 14.1 Å². The monoisotopic (exact) mass is 342 g/mol. The number of thioether (sulfide) groups is 1. The molecule has 1 aromatic rings. The fraction of sp³-hybridized carbons (Fsp3) is 0.667. The first-order chi connectivity index (χ1) is 10.8. The Hall–Kier alpha value is -1.54. The van der Waals surface area contributed by atoms with Gasteiger partial charge in [-0.25, -0.2) is 0 Å². The number of nitrogens with one attached hydrogen (secondary N) is 2. The molecule has 2 amide bonds. The van der Waals surface area contributed by atoms with Gasteiger partial charge in [0.15, 0.2) is 5.82 Å². The molecule has 0 radical (unpaired) electrons. The smallest absolute Gasteiger partial charge is 0.238 e. The molecule has 1 aromatic heterocycles. The molecule has 8 heteroatoms. The molecular weight excluding hydrogens is 316 g/mol. The van der Waals surface area contributed by atoms with Crippen molar-refractivity contribution in [3.63, 3.8) is 0 Å². The Labute approximate surface area is 141 Å². The van der Waals surface area contributed by atoms with Gasteiger partial charge in [-0.1, -0.05) is 19.0 Å². The van der Waals surface area contributed by atoms with Crippen LogP contribution in [0, 0.1) is 6.92 Å². The first-order valence-electron chi connectivity index (χ1n) is 7.71. The Bertz CT molecular complexity index is 529. The molecule has 0 aliphatic rings. The minimum absolute atomic E-state index is 0.122. The van der Waals surface area contributed by atoms with Crippen molar-refractivity contribution in [3.8, 4) is 0 Å². The van der Waals surface area contributed by atoms with Gasteiger partial charge < -0.3 is 20.9 Å². The Morgan fingerprint density at radius 3 is 2.61 bits per heavy atom. The van der Waals surface area contributed by atoms with E-state index in [1.807, 2.05) is 13.8 Å². The molecule has 0 aliphatic heterocycles. The summed E-state index contributed by atoms with van der Waals surface area (Å²) >= 11 is 1.26. The van der Waals surface area contributed by atoms with Gasteiger partial charge in [0, 0.05) is 18.2 Å². The van der Waals surface area contributed by atoms with E-state index in [1.54, 1.807) is 19.9 Å². The van der Waals surface area contributed by atoms with Gasteiger partial charge in [0.2, 0.25) is 11.8 Å². The predicted molar refractivity (Wildman–Crippen MR) is 92.3 cm³/mol. The zero-order valence-corrected chi connectivity index (χ0v) is 15.0. The molecule has 0 fully saturated rings. The summed E-state index contributed by atoms with van der Waals surface area (Å²) in [6.45, 7) is 7.93. The highest BCUT2D eigenvalue weighted by molar-refractivity contribution is 8.01. The predicted octanol–water partition coefficient (Wildman–Crippen LogP) is 1.68. The average molecular weight is 342 g/mol. The normalized spacial score (nSPS) is 12.7. The molecule has 1 atom stereocenters. The lowest BCUT2D eigenvalue weighted by Gasteiger charge is -2.26. The molecule has 0 spiro atoms.